The van der Waals surface area contributed by atoms with Gasteiger partial charge in [0, 0.05) is 75.6 Å². The maximum absolute atomic E-state index is 15.4. The number of benzene rings is 8. The van der Waals surface area contributed by atoms with E-state index in [-0.39, 0.29) is 179 Å². The molecule has 1 N–H and O–H groups in total. The summed E-state index contributed by atoms with van der Waals surface area (Å²) in [5.74, 6) is -5.60. The zero-order valence-electron chi connectivity index (χ0n) is 71.0. The van der Waals surface area contributed by atoms with E-state index in [1.165, 1.54) is 190 Å². The van der Waals surface area contributed by atoms with Crippen LogP contribution in [0.5, 0.6) is 28.7 Å². The third kappa shape index (κ3) is 22.3. The summed E-state index contributed by atoms with van der Waals surface area (Å²) in [6.45, 7) is -0.101. The molecule has 0 radical (unpaired) electrons. The number of hydrogen-bond donors (Lipinski definition) is 1. The normalized spacial score (nSPS) is 16.4. The monoisotopic (exact) mass is 2110 g/mol. The Morgan fingerprint density at radius 1 is 0.410 bits per heavy atom. The molecular weight excluding hydrogens is 2030 g/mol. The summed E-state index contributed by atoms with van der Waals surface area (Å²) in [5, 5.41) is 12.3. The number of aromatic nitrogens is 6. The minimum atomic E-state index is -4.35. The summed E-state index contributed by atoms with van der Waals surface area (Å²) in [6, 6.07) is 45.8. The lowest BCUT2D eigenvalue weighted by atomic mass is 9.71. The summed E-state index contributed by atoms with van der Waals surface area (Å²) in [5.41, 5.74) is 1.06. The van der Waals surface area contributed by atoms with Crippen molar-refractivity contribution in [2.45, 2.75) is 101 Å². The Balaban J connectivity index is 0.000000183. The van der Waals surface area contributed by atoms with Crippen LogP contribution in [0.1, 0.15) is 72.6 Å². The average Bonchev–Trinajstić information content (AvgIpc) is 0.857. The van der Waals surface area contributed by atoms with Crippen LogP contribution < -0.4 is 53.7 Å². The standard InChI is InChI=1S/C32H27F4N3O6S.C27H21BrFN3O6S.C24H19F4N3O5S.C5H6BrF3.3H3P/c1-43-23-6-3-19(4-7-23)18-38(30-11-12-45-37-30)46(41,42)24-8-9-27-20(15-24)5-10-31(40)39(27)28-17-26(33)25(16-29(28)44-2)21-13-22(14-21)32(34,35)36;1-36-19-6-3-17(4-7-19)16-31(26-11-12-38-30-26)39(34,35)20-8-9-23-18(13-20)5-10-27(33)32(23)24-15-22(29)21(28)14-25(24)37-2;1-35-21-11-17(14-8-15(9-14)24(26,27)28)18(25)12-20(21)31-19-4-3-16(10-13(19)2-5-23(31)32)37(33,34)30-22-6-7-36-29-22;6-4-1-3(2-4)5(7,8)9;;;/h3-12,15-17,21-22H,13-14,18H2,1-2H3;3-15H,16H2,1-2H3;2-7,10-12,14-15H,8-9H2,1H3,(H,29,30);3-4H,1-2H2;3*1H3. The van der Waals surface area contributed by atoms with Gasteiger partial charge < -0.3 is 37.3 Å². The van der Waals surface area contributed by atoms with Gasteiger partial charge in [-0.05, 0) is 204 Å². The number of nitrogens with one attached hydrogen (secondary N) is 1. The van der Waals surface area contributed by atoms with Crippen LogP contribution in [0.3, 0.4) is 0 Å². The molecule has 46 heteroatoms. The lowest BCUT2D eigenvalue weighted by Crippen LogP contribution is -2.35. The lowest BCUT2D eigenvalue weighted by molar-refractivity contribution is -0.198. The second-order valence-electron chi connectivity index (χ2n) is 30.3. The Hall–Kier alpha value is -11.3. The van der Waals surface area contributed by atoms with Gasteiger partial charge >= 0.3 is 18.5 Å². The van der Waals surface area contributed by atoms with Crippen molar-refractivity contribution < 1.29 is 115 Å². The fourth-order valence-electron chi connectivity index (χ4n) is 15.0. The zero-order chi connectivity index (χ0) is 94.1. The van der Waals surface area contributed by atoms with Crippen molar-refractivity contribution in [3.05, 3.63) is 288 Å². The Morgan fingerprint density at radius 3 is 1.07 bits per heavy atom. The largest absolute Gasteiger partial charge is 0.497 e. The van der Waals surface area contributed by atoms with E-state index in [0.29, 0.717) is 44.3 Å². The molecule has 0 bridgehead atoms. The third-order valence-electron chi connectivity index (χ3n) is 22.3. The fraction of sp³-hybridized carbons (Fsp3) is 0.250. The number of halogens is 14. The summed E-state index contributed by atoms with van der Waals surface area (Å²) >= 11 is 6.22. The minimum absolute atomic E-state index is 0. The van der Waals surface area contributed by atoms with Crippen LogP contribution in [0.2, 0.25) is 0 Å². The van der Waals surface area contributed by atoms with Gasteiger partial charge in [-0.15, -0.1) is 0 Å². The van der Waals surface area contributed by atoms with Gasteiger partial charge in [-0.1, -0.05) is 55.7 Å². The second-order valence-corrected chi connectivity index (χ2v) is 37.8. The zero-order valence-corrected chi connectivity index (χ0v) is 80.8. The van der Waals surface area contributed by atoms with Crippen molar-refractivity contribution in [1.82, 2.24) is 29.2 Å². The van der Waals surface area contributed by atoms with Crippen LogP contribution in [-0.4, -0.2) is 113 Å². The molecule has 14 aromatic rings. The molecule has 0 amide bonds. The maximum atomic E-state index is 15.4. The summed E-state index contributed by atoms with van der Waals surface area (Å²) in [6.07, 6.45) is -9.31. The SMILES string of the molecule is COc1cc(C2CC(C(F)(F)F)C2)c(F)cc1-n1c(=O)ccc2cc(S(=O)(=O)Nc3ccon3)ccc21.COc1ccc(CN(c2ccon2)S(=O)(=O)c2ccc3c(ccc(=O)n3-c3cc(F)c(Br)cc3OC)c2)cc1.COc1ccc(CN(c2ccon2)S(=O)(=O)c2ccc3c(ccc(=O)n3-c3cc(F)c(C4CC(C(F)(F)F)C4)cc3OC)c2)cc1.FC(F)(F)C1CC(Br)C1.P.P.P. The highest BCUT2D eigenvalue weighted by atomic mass is 79.9. The number of ether oxygens (including phenoxy) is 5. The third-order valence-corrected chi connectivity index (χ3v) is 28.5. The number of rotatable bonds is 23. The molecule has 8 aromatic carbocycles. The second kappa shape index (κ2) is 41.9. The predicted molar refractivity (Wildman–Crippen MR) is 497 cm³/mol. The number of anilines is 3. The highest BCUT2D eigenvalue weighted by molar-refractivity contribution is 9.10. The predicted octanol–water partition coefficient (Wildman–Crippen LogP) is 19.8. The molecule has 3 fully saturated rings. The van der Waals surface area contributed by atoms with Gasteiger partial charge in [0.05, 0.1) is 119 Å². The smallest absolute Gasteiger partial charge is 0.391 e. The van der Waals surface area contributed by atoms with E-state index in [0.717, 1.165) is 25.3 Å². The van der Waals surface area contributed by atoms with Gasteiger partial charge in [0.2, 0.25) is 0 Å². The van der Waals surface area contributed by atoms with E-state index in [4.69, 9.17) is 32.7 Å². The molecule has 6 aromatic heterocycles. The van der Waals surface area contributed by atoms with Crippen molar-refractivity contribution >= 4 is 142 Å². The summed E-state index contributed by atoms with van der Waals surface area (Å²) in [4.78, 5) is 38.8. The summed E-state index contributed by atoms with van der Waals surface area (Å²) < 4.78 is 288. The van der Waals surface area contributed by atoms with E-state index in [2.05, 4.69) is 56.6 Å². The van der Waals surface area contributed by atoms with Crippen LogP contribution >= 0.6 is 61.6 Å². The molecule has 3 atom stereocenters. The Kier molecular flexibility index (Phi) is 32.3. The van der Waals surface area contributed by atoms with E-state index < -0.39 is 112 Å². The van der Waals surface area contributed by atoms with Crippen molar-refractivity contribution in [2.75, 3.05) is 48.9 Å². The highest BCUT2D eigenvalue weighted by Crippen LogP contribution is 2.53. The molecule has 3 aliphatic rings. The fourth-order valence-corrected chi connectivity index (χ4v) is 20.1. The number of alkyl halides is 10. The molecule has 0 saturated heterocycles. The van der Waals surface area contributed by atoms with Crippen LogP contribution in [0.15, 0.2) is 260 Å². The first kappa shape index (κ1) is 103. The molecule has 0 spiro atoms. The molecule has 712 valence electrons. The van der Waals surface area contributed by atoms with E-state index >= 15 is 8.78 Å². The maximum Gasteiger partial charge on any atom is 0.391 e. The van der Waals surface area contributed by atoms with Gasteiger partial charge in [0.25, 0.3) is 46.7 Å². The number of sulfonamides is 3. The minimum Gasteiger partial charge on any atom is -0.497 e. The summed E-state index contributed by atoms with van der Waals surface area (Å²) in [7, 11) is -5.33. The number of fused-ring (bicyclic) bond motifs is 3. The first-order chi connectivity index (χ1) is 62.1. The first-order valence-electron chi connectivity index (χ1n) is 39.3. The van der Waals surface area contributed by atoms with Crippen LogP contribution in [0.4, 0.5) is 70.1 Å². The number of nitrogens with zero attached hydrogens (tertiary/aromatic N) is 8. The molecular formula is C88H82Br2F12N9O17P3S3. The van der Waals surface area contributed by atoms with Crippen LogP contribution in [0, 0.1) is 35.2 Å². The van der Waals surface area contributed by atoms with Gasteiger partial charge in [-0.25, -0.2) is 47.0 Å². The molecule has 0 aliphatic heterocycles. The number of pyridine rings is 3. The van der Waals surface area contributed by atoms with Crippen molar-refractivity contribution in [2.24, 2.45) is 17.8 Å². The molecule has 134 heavy (non-hydrogen) atoms. The van der Waals surface area contributed by atoms with E-state index in [9.17, 15) is 83.5 Å². The lowest BCUT2D eigenvalue weighted by Gasteiger charge is -2.37. The van der Waals surface area contributed by atoms with E-state index in [1.807, 2.05) is 0 Å². The van der Waals surface area contributed by atoms with Crippen molar-refractivity contribution in [3.8, 4) is 45.8 Å². The quantitative estimate of drug-likeness (QED) is 0.0353. The van der Waals surface area contributed by atoms with Gasteiger partial charge in [-0.3, -0.25) is 32.8 Å². The molecule has 6 heterocycles. The van der Waals surface area contributed by atoms with Gasteiger partial charge in [-0.2, -0.15) is 69.2 Å². The molecule has 3 aliphatic carbocycles. The first-order valence-corrected chi connectivity index (χ1v) is 45.3. The Labute approximate surface area is 783 Å². The molecule has 17 rings (SSSR count). The number of hydrogen-bond acceptors (Lipinski definition) is 20. The van der Waals surface area contributed by atoms with E-state index in [1.54, 1.807) is 55.6 Å². The van der Waals surface area contributed by atoms with Crippen LogP contribution in [0.25, 0.3) is 49.8 Å². The van der Waals surface area contributed by atoms with Crippen LogP contribution in [-0.2, 0) is 43.2 Å². The van der Waals surface area contributed by atoms with Crippen molar-refractivity contribution in [3.63, 3.8) is 0 Å². The Bertz CT molecular complexity index is 7130. The topological polar surface area (TPSA) is 311 Å². The van der Waals surface area contributed by atoms with Gasteiger partial charge in [0.1, 0.15) is 65.0 Å². The molecule has 3 saturated carbocycles. The van der Waals surface area contributed by atoms with Gasteiger partial charge in [0.15, 0.2) is 17.5 Å². The van der Waals surface area contributed by atoms with Crippen molar-refractivity contribution in [1.29, 1.82) is 0 Å². The molecule has 26 nitrogen and oxygen atoms in total. The molecule has 3 unspecified atom stereocenters. The Morgan fingerprint density at radius 2 is 0.746 bits per heavy atom. The highest BCUT2D eigenvalue weighted by Gasteiger charge is 2.51. The number of methoxy groups -OCH3 is 5. The average molecular weight is 2110 g/mol.